The van der Waals surface area contributed by atoms with E-state index in [2.05, 4.69) is 72.8 Å². The first kappa shape index (κ1) is 46.3. The minimum absolute atomic E-state index is 0.00761. The Labute approximate surface area is 418 Å². The van der Waals surface area contributed by atoms with Gasteiger partial charge in [-0.3, -0.25) is 24.8 Å². The van der Waals surface area contributed by atoms with Crippen LogP contribution in [0, 0.1) is 15.5 Å². The summed E-state index contributed by atoms with van der Waals surface area (Å²) in [6.07, 6.45) is 11.0. The number of ether oxygens (including phenoxy) is 3. The zero-order chi connectivity index (χ0) is 49.3. The van der Waals surface area contributed by atoms with Crippen LogP contribution in [0.3, 0.4) is 0 Å². The standard InChI is InChI=1S/C54H59N9O8S/c1-33(2)40-9-3-4-10-41(40)43-11-7-20-61(43)38-29-54(30-38)16-21-60(22-17-54)37-12-13-42(45(26-37)62-44-15-23-69-32-49(44)71-53-47(62)24-34-14-19-56-51(34)58-53)52(64)59-72(67,68)39-27-46(63(65)66)50-48(28-39)70-31-36(57-50)25-35-8-5-6-18-55-35/h3-6,8-10,12-14,18-19,24,26-28,33,36,38,43-44,49,57H,7,11,15-17,20-23,25,29-32H2,1-2H3,(H,56,58)(H,59,64)/t36-,43-,44-,49+/m0/s1. The lowest BCUT2D eigenvalue weighted by Crippen LogP contribution is -2.55. The van der Waals surface area contributed by atoms with E-state index in [-0.39, 0.29) is 41.1 Å². The zero-order valence-electron chi connectivity index (χ0n) is 40.5. The number of hydrogen-bond acceptors (Lipinski definition) is 14. The maximum absolute atomic E-state index is 14.8. The first-order valence-electron chi connectivity index (χ1n) is 25.3. The number of sulfonamides is 1. The second kappa shape index (κ2) is 18.4. The lowest BCUT2D eigenvalue weighted by Gasteiger charge is -2.56. The Hall–Kier alpha value is -6.76. The highest BCUT2D eigenvalue weighted by atomic mass is 32.2. The summed E-state index contributed by atoms with van der Waals surface area (Å²) < 4.78 is 49.4. The lowest BCUT2D eigenvalue weighted by molar-refractivity contribution is -0.384. The number of nitrogens with zero attached hydrogens (tertiary/aromatic N) is 6. The summed E-state index contributed by atoms with van der Waals surface area (Å²) in [6, 6.07) is 26.6. The quantitative estimate of drug-likeness (QED) is 0.0822. The second-order valence-corrected chi connectivity index (χ2v) is 22.5. The predicted octanol–water partition coefficient (Wildman–Crippen LogP) is 8.80. The van der Waals surface area contributed by atoms with Crippen LogP contribution in [-0.2, 0) is 21.2 Å². The van der Waals surface area contributed by atoms with Crippen molar-refractivity contribution in [1.82, 2.24) is 24.6 Å². The molecule has 6 aromatic rings. The van der Waals surface area contributed by atoms with Crippen LogP contribution in [0.25, 0.3) is 11.0 Å². The van der Waals surface area contributed by atoms with Crippen LogP contribution in [0.15, 0.2) is 102 Å². The molecule has 1 amide bonds. The fourth-order valence-corrected chi connectivity index (χ4v) is 13.5. The van der Waals surface area contributed by atoms with Crippen molar-refractivity contribution in [3.05, 3.63) is 130 Å². The van der Waals surface area contributed by atoms with E-state index in [1.807, 2.05) is 42.6 Å². The number of benzene rings is 3. The Morgan fingerprint density at radius 1 is 0.972 bits per heavy atom. The molecule has 72 heavy (non-hydrogen) atoms. The molecule has 8 heterocycles. The summed E-state index contributed by atoms with van der Waals surface area (Å²) >= 11 is 0. The van der Waals surface area contributed by atoms with Gasteiger partial charge in [-0.1, -0.05) is 44.2 Å². The monoisotopic (exact) mass is 993 g/mol. The fraction of sp³-hybridized carbons (Fsp3) is 0.426. The molecule has 3 aromatic carbocycles. The van der Waals surface area contributed by atoms with Gasteiger partial charge in [-0.05, 0) is 116 Å². The van der Waals surface area contributed by atoms with Gasteiger partial charge in [0.2, 0.25) is 5.88 Å². The molecule has 1 aliphatic carbocycles. The molecular formula is C54H59N9O8S. The van der Waals surface area contributed by atoms with E-state index in [0.717, 1.165) is 55.3 Å². The largest absolute Gasteiger partial charge is 0.489 e. The van der Waals surface area contributed by atoms with Gasteiger partial charge in [0.1, 0.15) is 24.0 Å². The van der Waals surface area contributed by atoms with Crippen molar-refractivity contribution in [1.29, 1.82) is 0 Å². The van der Waals surface area contributed by atoms with Crippen molar-refractivity contribution in [3.8, 4) is 11.6 Å². The average Bonchev–Trinajstić information content (AvgIpc) is 4.06. The van der Waals surface area contributed by atoms with Gasteiger partial charge >= 0.3 is 0 Å². The molecule has 1 spiro atoms. The van der Waals surface area contributed by atoms with E-state index < -0.39 is 37.5 Å². The maximum atomic E-state index is 14.8. The molecular weight excluding hydrogens is 935 g/mol. The van der Waals surface area contributed by atoms with Gasteiger partial charge in [0.05, 0.1) is 39.8 Å². The number of piperidine rings is 1. The maximum Gasteiger partial charge on any atom is 0.297 e. The molecule has 18 heteroatoms. The van der Waals surface area contributed by atoms with Crippen molar-refractivity contribution in [2.75, 3.05) is 54.6 Å². The summed E-state index contributed by atoms with van der Waals surface area (Å²) in [7, 11) is -4.70. The minimum Gasteiger partial charge on any atom is -0.489 e. The third kappa shape index (κ3) is 8.45. The van der Waals surface area contributed by atoms with Gasteiger partial charge in [0.15, 0.2) is 11.4 Å². The number of aromatic nitrogens is 3. The van der Waals surface area contributed by atoms with Gasteiger partial charge in [-0.25, -0.2) is 13.1 Å². The predicted molar refractivity (Wildman–Crippen MR) is 273 cm³/mol. The number of nitro benzene ring substituents is 1. The van der Waals surface area contributed by atoms with E-state index in [9.17, 15) is 23.3 Å². The third-order valence-electron chi connectivity index (χ3n) is 16.1. The number of hydrogen-bond donors (Lipinski definition) is 3. The number of amides is 1. The first-order valence-corrected chi connectivity index (χ1v) is 26.8. The van der Waals surface area contributed by atoms with Crippen LogP contribution >= 0.6 is 0 Å². The summed E-state index contributed by atoms with van der Waals surface area (Å²) in [5.74, 6) is -0.0521. The molecule has 12 rings (SSSR count). The van der Waals surface area contributed by atoms with E-state index >= 15 is 0 Å². The first-order chi connectivity index (χ1) is 34.9. The number of rotatable bonds is 11. The molecule has 374 valence electrons. The van der Waals surface area contributed by atoms with Crippen LogP contribution in [0.1, 0.15) is 97.9 Å². The number of carbonyl (C=O) groups excluding carboxylic acids is 1. The molecule has 1 saturated carbocycles. The Morgan fingerprint density at radius 2 is 1.81 bits per heavy atom. The van der Waals surface area contributed by atoms with Crippen molar-refractivity contribution in [2.24, 2.45) is 5.41 Å². The van der Waals surface area contributed by atoms with Crippen molar-refractivity contribution >= 4 is 55.4 Å². The molecule has 5 aliphatic heterocycles. The molecule has 6 aliphatic rings. The van der Waals surface area contributed by atoms with Crippen molar-refractivity contribution < 1.29 is 32.3 Å². The number of H-pyrrole nitrogens is 1. The molecule has 4 fully saturated rings. The number of pyridine rings is 2. The lowest BCUT2D eigenvalue weighted by atomic mass is 9.59. The summed E-state index contributed by atoms with van der Waals surface area (Å²) in [5.41, 5.74) is 6.37. The van der Waals surface area contributed by atoms with Gasteiger partial charge in [-0.2, -0.15) is 4.98 Å². The van der Waals surface area contributed by atoms with E-state index in [1.54, 1.807) is 18.3 Å². The number of fused-ring (bicyclic) bond motifs is 4. The number of nitro groups is 1. The van der Waals surface area contributed by atoms with Crippen molar-refractivity contribution in [3.63, 3.8) is 0 Å². The van der Waals surface area contributed by atoms with E-state index in [1.165, 1.54) is 42.9 Å². The Kier molecular flexibility index (Phi) is 11.8. The van der Waals surface area contributed by atoms with Gasteiger partial charge < -0.3 is 34.3 Å². The minimum atomic E-state index is -4.70. The van der Waals surface area contributed by atoms with Crippen molar-refractivity contribution in [2.45, 2.75) is 106 Å². The molecule has 3 saturated heterocycles. The Bertz CT molecular complexity index is 3170. The van der Waals surface area contributed by atoms with Crippen LogP contribution in [0.2, 0.25) is 0 Å². The highest BCUT2D eigenvalue weighted by Crippen LogP contribution is 2.55. The Morgan fingerprint density at radius 3 is 2.61 bits per heavy atom. The van der Waals surface area contributed by atoms with Gasteiger partial charge in [0, 0.05) is 79.5 Å². The zero-order valence-corrected chi connectivity index (χ0v) is 41.3. The van der Waals surface area contributed by atoms with E-state index in [0.29, 0.717) is 67.0 Å². The fourth-order valence-electron chi connectivity index (χ4n) is 12.5. The molecule has 3 N–H and O–H groups in total. The van der Waals surface area contributed by atoms with Crippen LogP contribution < -0.4 is 29.3 Å². The molecule has 0 radical (unpaired) electrons. The number of likely N-dealkylation sites (tertiary alicyclic amines) is 1. The SMILES string of the molecule is CC(C)c1ccccc1[C@@H]1CCCN1C1CC2(CCN(c3ccc(C(=O)NS(=O)(=O)c4cc5c(c([N+](=O)[O-])c4)N[C@@H](Cc4ccccn4)CO5)c(N4c5cc6cc[nH]c6nc5O[C@@H]5COCC[C@@H]54)c3)CC2)C1. The molecule has 0 bridgehead atoms. The molecule has 0 unspecified atom stereocenters. The summed E-state index contributed by atoms with van der Waals surface area (Å²) in [6.45, 7) is 8.28. The molecule has 17 nitrogen and oxygen atoms in total. The van der Waals surface area contributed by atoms with Crippen LogP contribution in [0.5, 0.6) is 11.6 Å². The number of aromatic amines is 1. The highest BCUT2D eigenvalue weighted by molar-refractivity contribution is 7.90. The van der Waals surface area contributed by atoms with Crippen LogP contribution in [0.4, 0.5) is 28.4 Å². The average molecular weight is 994 g/mol. The van der Waals surface area contributed by atoms with Crippen LogP contribution in [-0.4, -0.2) is 103 Å². The number of anilines is 4. The number of nitrogens with one attached hydrogen (secondary N) is 3. The smallest absolute Gasteiger partial charge is 0.297 e. The van der Waals surface area contributed by atoms with Gasteiger partial charge in [-0.15, -0.1) is 0 Å². The van der Waals surface area contributed by atoms with Gasteiger partial charge in [0.25, 0.3) is 21.6 Å². The summed E-state index contributed by atoms with van der Waals surface area (Å²) in [4.78, 5) is 45.8. The van der Waals surface area contributed by atoms with E-state index in [4.69, 9.17) is 19.2 Å². The normalized spacial score (nSPS) is 22.8. The Balaban J connectivity index is 0.835. The summed E-state index contributed by atoms with van der Waals surface area (Å²) in [5, 5.41) is 16.5. The highest BCUT2D eigenvalue weighted by Gasteiger charge is 2.50. The topological polar surface area (TPSA) is 197 Å². The number of carbonyl (C=O) groups is 1. The second-order valence-electron chi connectivity index (χ2n) is 20.8. The third-order valence-corrected chi connectivity index (χ3v) is 17.4. The molecule has 4 atom stereocenters. The molecule has 3 aromatic heterocycles.